The van der Waals surface area contributed by atoms with Crippen LogP contribution in [0.15, 0.2) is 42.7 Å². The average molecular weight is 344 g/mol. The third-order valence-electron chi connectivity index (χ3n) is 4.41. The van der Waals surface area contributed by atoms with Gasteiger partial charge in [0.05, 0.1) is 6.10 Å². The molecule has 1 aromatic carbocycles. The van der Waals surface area contributed by atoms with Crippen molar-refractivity contribution in [2.45, 2.75) is 24.2 Å². The normalized spacial score (nSPS) is 16.8. The molecule has 0 bridgehead atoms. The van der Waals surface area contributed by atoms with E-state index < -0.39 is 6.10 Å². The maximum absolute atomic E-state index is 10.2. The lowest BCUT2D eigenvalue weighted by Gasteiger charge is -2.32. The van der Waals surface area contributed by atoms with E-state index in [2.05, 4.69) is 26.4 Å². The molecule has 0 amide bonds. The molecule has 1 aliphatic rings. The van der Waals surface area contributed by atoms with Gasteiger partial charge in [0.25, 0.3) is 0 Å². The summed E-state index contributed by atoms with van der Waals surface area (Å²) in [4.78, 5) is 11.0. The molecule has 0 saturated carbocycles. The van der Waals surface area contributed by atoms with E-state index in [1.165, 1.54) is 12.8 Å². The summed E-state index contributed by atoms with van der Waals surface area (Å²) >= 11 is 1.96. The van der Waals surface area contributed by atoms with Gasteiger partial charge in [-0.25, -0.2) is 9.97 Å². The lowest BCUT2D eigenvalue weighted by atomic mass is 10.1. The van der Waals surface area contributed by atoms with E-state index >= 15 is 0 Å². The number of piperidine rings is 1. The van der Waals surface area contributed by atoms with E-state index in [4.69, 9.17) is 0 Å². The van der Waals surface area contributed by atoms with Crippen molar-refractivity contribution in [1.82, 2.24) is 9.97 Å². The topological polar surface area (TPSA) is 61.3 Å². The van der Waals surface area contributed by atoms with E-state index in [9.17, 15) is 5.11 Å². The van der Waals surface area contributed by atoms with Gasteiger partial charge in [-0.05, 0) is 24.7 Å². The molecule has 1 aliphatic heterocycles. The van der Waals surface area contributed by atoms with Crippen molar-refractivity contribution in [3.05, 3.63) is 48.3 Å². The first-order chi connectivity index (χ1) is 11.8. The van der Waals surface area contributed by atoms with E-state index in [0.717, 1.165) is 35.5 Å². The summed E-state index contributed by atoms with van der Waals surface area (Å²) < 4.78 is 0. The second-order valence-corrected chi connectivity index (χ2v) is 7.13. The van der Waals surface area contributed by atoms with Crippen molar-refractivity contribution >= 4 is 23.4 Å². The summed E-state index contributed by atoms with van der Waals surface area (Å²) in [6.45, 7) is 2.50. The second-order valence-electron chi connectivity index (χ2n) is 5.99. The lowest BCUT2D eigenvalue weighted by Crippen LogP contribution is -2.35. The number of hydrogen-bond donors (Lipinski definition) is 2. The molecule has 0 spiro atoms. The Kier molecular flexibility index (Phi) is 5.93. The van der Waals surface area contributed by atoms with Crippen molar-refractivity contribution in [3.8, 4) is 0 Å². The minimum absolute atomic E-state index is 0.426. The first-order valence-corrected chi connectivity index (χ1v) is 9.61. The first-order valence-electron chi connectivity index (χ1n) is 8.33. The van der Waals surface area contributed by atoms with Crippen LogP contribution in [0.4, 0.5) is 11.6 Å². The smallest absolute Gasteiger partial charge is 0.134 e. The Morgan fingerprint density at radius 1 is 1.25 bits per heavy atom. The van der Waals surface area contributed by atoms with Crippen LogP contribution in [-0.2, 0) is 0 Å². The minimum atomic E-state index is -0.554. The highest BCUT2D eigenvalue weighted by molar-refractivity contribution is 7.99. The maximum Gasteiger partial charge on any atom is 0.134 e. The monoisotopic (exact) mass is 344 g/mol. The van der Waals surface area contributed by atoms with Crippen molar-refractivity contribution in [2.75, 3.05) is 36.1 Å². The number of aliphatic hydroxyl groups is 1. The second kappa shape index (κ2) is 8.35. The highest BCUT2D eigenvalue weighted by Gasteiger charge is 2.19. The predicted octanol–water partition coefficient (Wildman–Crippen LogP) is 2.95. The summed E-state index contributed by atoms with van der Waals surface area (Å²) in [5.74, 6) is 1.71. The van der Waals surface area contributed by atoms with Crippen LogP contribution >= 0.6 is 11.8 Å². The molecule has 1 fully saturated rings. The Balaban J connectivity index is 1.57. The molecule has 1 atom stereocenters. The molecular weight excluding hydrogens is 320 g/mol. The minimum Gasteiger partial charge on any atom is -0.387 e. The Bertz CT molecular complexity index is 632. The largest absolute Gasteiger partial charge is 0.387 e. The molecule has 2 heterocycles. The average Bonchev–Trinajstić information content (AvgIpc) is 2.67. The molecular formula is C18H24N4OS. The van der Waals surface area contributed by atoms with Gasteiger partial charge in [-0.3, -0.25) is 0 Å². The molecule has 1 unspecified atom stereocenters. The van der Waals surface area contributed by atoms with Gasteiger partial charge >= 0.3 is 0 Å². The van der Waals surface area contributed by atoms with Crippen molar-refractivity contribution < 1.29 is 5.11 Å². The zero-order chi connectivity index (χ0) is 16.8. The van der Waals surface area contributed by atoms with Gasteiger partial charge in [-0.15, -0.1) is 0 Å². The fourth-order valence-electron chi connectivity index (χ4n) is 2.93. The van der Waals surface area contributed by atoms with Crippen molar-refractivity contribution in [1.29, 1.82) is 0 Å². The van der Waals surface area contributed by atoms with Crippen LogP contribution in [0, 0.1) is 0 Å². The van der Waals surface area contributed by atoms with E-state index in [-0.39, 0.29) is 0 Å². The number of thioether (sulfide) groups is 1. The fraction of sp³-hybridized carbons (Fsp3) is 0.444. The maximum atomic E-state index is 10.2. The molecule has 0 aliphatic carbocycles. The number of hydrogen-bond acceptors (Lipinski definition) is 6. The summed E-state index contributed by atoms with van der Waals surface area (Å²) in [5.41, 5.74) is 0.901. The highest BCUT2D eigenvalue weighted by atomic mass is 32.2. The van der Waals surface area contributed by atoms with Gasteiger partial charge in [0.15, 0.2) is 0 Å². The number of benzene rings is 1. The van der Waals surface area contributed by atoms with Crippen molar-refractivity contribution in [3.63, 3.8) is 0 Å². The number of nitrogens with zero attached hydrogens (tertiary/aromatic N) is 3. The molecule has 128 valence electrons. The molecule has 3 rings (SSSR count). The van der Waals surface area contributed by atoms with E-state index in [1.54, 1.807) is 6.33 Å². The van der Waals surface area contributed by atoms with Gasteiger partial charge < -0.3 is 15.3 Å². The molecule has 6 heteroatoms. The van der Waals surface area contributed by atoms with Crippen LogP contribution in [0.1, 0.15) is 24.5 Å². The lowest BCUT2D eigenvalue weighted by molar-refractivity contribution is 0.191. The standard InChI is InChI=1S/C18H24N4OS/c1-24-15-7-9-22(10-8-15)18-11-17(20-13-21-18)19-12-16(23)14-5-3-2-4-6-14/h2-6,11,13,15-16,23H,7-10,12H2,1H3,(H,19,20,21). The quantitative estimate of drug-likeness (QED) is 0.840. The fourth-order valence-corrected chi connectivity index (χ4v) is 3.61. The molecule has 2 N–H and O–H groups in total. The van der Waals surface area contributed by atoms with Crippen LogP contribution in [0.3, 0.4) is 0 Å². The summed E-state index contributed by atoms with van der Waals surface area (Å²) in [5, 5.41) is 14.2. The number of anilines is 2. The van der Waals surface area contributed by atoms with Crippen LogP contribution < -0.4 is 10.2 Å². The highest BCUT2D eigenvalue weighted by Crippen LogP contribution is 2.25. The SMILES string of the molecule is CSC1CCN(c2cc(NCC(O)c3ccccc3)ncn2)CC1. The Morgan fingerprint density at radius 2 is 2.00 bits per heavy atom. The molecule has 1 aromatic heterocycles. The van der Waals surface area contributed by atoms with Gasteiger partial charge in [0, 0.05) is 31.0 Å². The predicted molar refractivity (Wildman–Crippen MR) is 101 cm³/mol. The molecule has 1 saturated heterocycles. The van der Waals surface area contributed by atoms with Gasteiger partial charge in [0.2, 0.25) is 0 Å². The summed E-state index contributed by atoms with van der Waals surface area (Å²) in [6, 6.07) is 11.6. The number of aliphatic hydroxyl groups excluding tert-OH is 1. The molecule has 2 aromatic rings. The third-order valence-corrected chi connectivity index (χ3v) is 5.55. The van der Waals surface area contributed by atoms with Gasteiger partial charge in [0.1, 0.15) is 18.0 Å². The summed E-state index contributed by atoms with van der Waals surface area (Å²) in [7, 11) is 0. The summed E-state index contributed by atoms with van der Waals surface area (Å²) in [6.07, 6.45) is 5.61. The molecule has 5 nitrogen and oxygen atoms in total. The van der Waals surface area contributed by atoms with Gasteiger partial charge in [-0.1, -0.05) is 30.3 Å². The van der Waals surface area contributed by atoms with E-state index in [1.807, 2.05) is 48.2 Å². The van der Waals surface area contributed by atoms with Crippen LogP contribution in [0.25, 0.3) is 0 Å². The number of aromatic nitrogens is 2. The molecule has 24 heavy (non-hydrogen) atoms. The van der Waals surface area contributed by atoms with Crippen molar-refractivity contribution in [2.24, 2.45) is 0 Å². The van der Waals surface area contributed by atoms with Crippen LogP contribution in [-0.4, -0.2) is 46.2 Å². The Labute approximate surface area is 147 Å². The Hall–Kier alpha value is -1.79. The van der Waals surface area contributed by atoms with Crippen LogP contribution in [0.2, 0.25) is 0 Å². The molecule has 0 radical (unpaired) electrons. The zero-order valence-corrected chi connectivity index (χ0v) is 14.7. The number of nitrogens with one attached hydrogen (secondary N) is 1. The first kappa shape index (κ1) is 17.0. The van der Waals surface area contributed by atoms with Crippen LogP contribution in [0.5, 0.6) is 0 Å². The van der Waals surface area contributed by atoms with Gasteiger partial charge in [-0.2, -0.15) is 11.8 Å². The third kappa shape index (κ3) is 4.39. The number of rotatable bonds is 6. The van der Waals surface area contributed by atoms with E-state index in [0.29, 0.717) is 6.54 Å². The Morgan fingerprint density at radius 3 is 2.71 bits per heavy atom. The zero-order valence-electron chi connectivity index (χ0n) is 13.9.